The SMILES string of the molecule is CC(C)=CCCC1(C)C=Cc2c(c(CC=C(C)C)c3c(c2OCCN2CCN(C)CC2)C2=Nc4ccccc4SC4C5CC6C(C)(C)OC(CC=C(C)C(=O)NCCO)(C5=O)C6(O3)C24)O1. The fourth-order valence-electron chi connectivity index (χ4n) is 11.8. The lowest BCUT2D eigenvalue weighted by Crippen LogP contribution is -2.79. The van der Waals surface area contributed by atoms with Crippen molar-refractivity contribution in [1.29, 1.82) is 0 Å². The van der Waals surface area contributed by atoms with Gasteiger partial charge in [0.25, 0.3) is 0 Å². The minimum atomic E-state index is -1.44. The number of ketones is 1. The minimum Gasteiger partial charge on any atom is -0.491 e. The predicted octanol–water partition coefficient (Wildman–Crippen LogP) is 8.29. The molecule has 2 saturated heterocycles. The van der Waals surface area contributed by atoms with Gasteiger partial charge in [0.1, 0.15) is 29.5 Å². The monoisotopic (exact) mass is 904 g/mol. The molecule has 7 unspecified atom stereocenters. The Morgan fingerprint density at radius 2 is 1.77 bits per heavy atom. The number of aliphatic hydroxyl groups excluding tert-OH is 1. The van der Waals surface area contributed by atoms with Crippen molar-refractivity contribution in [3.05, 3.63) is 82.0 Å². The summed E-state index contributed by atoms with van der Waals surface area (Å²) in [6.07, 6.45) is 13.7. The summed E-state index contributed by atoms with van der Waals surface area (Å²) in [5.41, 5.74) is 3.23. The highest BCUT2D eigenvalue weighted by atomic mass is 32.2. The first-order chi connectivity index (χ1) is 31.0. The van der Waals surface area contributed by atoms with Crippen LogP contribution in [-0.2, 0) is 20.7 Å². The third kappa shape index (κ3) is 7.82. The Bertz CT molecular complexity index is 2400. The molecule has 0 radical (unpaired) electrons. The second-order valence-corrected chi connectivity index (χ2v) is 21.8. The number of ether oxygens (including phenoxy) is 4. The number of nitrogens with zero attached hydrogens (tertiary/aromatic N) is 3. The van der Waals surface area contributed by atoms with Crippen molar-refractivity contribution in [3.63, 3.8) is 0 Å². The topological polar surface area (TPSA) is 122 Å². The normalized spacial score (nSPS) is 30.4. The van der Waals surface area contributed by atoms with Gasteiger partial charge < -0.3 is 34.3 Å². The van der Waals surface area contributed by atoms with Crippen LogP contribution in [-0.4, -0.2) is 119 Å². The number of para-hydroxylation sites is 1. The standard InChI is InChI=1S/C53H68N4O7S/c1-32(2)13-12-20-51(8)21-19-36-44(62-51)35(17-16-33(3)4)46-41(45(36)61-30-28-57-26-24-56(9)25-27-57)43-42-47(65-39-15-11-10-14-38(39)55-43)37-31-40-50(6,7)64-52(48(37)59,53(40,42)63-46)22-18-34(5)49(60)54-23-29-58/h10-11,13-16,18-19,21,37,40,42,47,58H,12,17,20,22-31H2,1-9H3,(H,54,60). The van der Waals surface area contributed by atoms with Crippen LogP contribution in [0.15, 0.2) is 75.2 Å². The van der Waals surface area contributed by atoms with E-state index in [1.165, 1.54) is 5.57 Å². The third-order valence-electron chi connectivity index (χ3n) is 15.1. The largest absolute Gasteiger partial charge is 0.491 e. The summed E-state index contributed by atoms with van der Waals surface area (Å²) in [6, 6.07) is 8.29. The van der Waals surface area contributed by atoms with Crippen molar-refractivity contribution >= 4 is 40.9 Å². The number of Topliss-reactive ketones (excluding diaryl/α,β-unsaturated/α-hetero) is 1. The van der Waals surface area contributed by atoms with Crippen LogP contribution in [0.2, 0.25) is 0 Å². The highest BCUT2D eigenvalue weighted by molar-refractivity contribution is 8.00. The summed E-state index contributed by atoms with van der Waals surface area (Å²) < 4.78 is 30.0. The Kier molecular flexibility index (Phi) is 12.3. The number of amides is 1. The number of fused-ring (bicyclic) bond motifs is 4. The third-order valence-corrected chi connectivity index (χ3v) is 16.5. The lowest BCUT2D eigenvalue weighted by molar-refractivity contribution is -0.196. The number of allylic oxidation sites excluding steroid dienone is 4. The van der Waals surface area contributed by atoms with Crippen LogP contribution in [0.5, 0.6) is 17.2 Å². The molecular formula is C53H68N4O7S. The van der Waals surface area contributed by atoms with Crippen molar-refractivity contribution in [1.82, 2.24) is 15.1 Å². The van der Waals surface area contributed by atoms with E-state index in [-0.39, 0.29) is 54.3 Å². The van der Waals surface area contributed by atoms with Crippen molar-refractivity contribution in [2.24, 2.45) is 22.7 Å². The van der Waals surface area contributed by atoms with Crippen molar-refractivity contribution in [3.8, 4) is 17.2 Å². The van der Waals surface area contributed by atoms with E-state index in [1.54, 1.807) is 18.7 Å². The van der Waals surface area contributed by atoms with E-state index in [0.717, 1.165) is 89.9 Å². The van der Waals surface area contributed by atoms with Gasteiger partial charge in [-0.1, -0.05) is 41.5 Å². The number of thioether (sulfide) groups is 1. The molecule has 3 aliphatic carbocycles. The van der Waals surface area contributed by atoms with E-state index in [4.69, 9.17) is 23.9 Å². The Balaban J connectivity index is 1.30. The molecule has 10 rings (SSSR count). The molecule has 0 aromatic heterocycles. The molecule has 4 bridgehead atoms. The average molecular weight is 905 g/mol. The summed E-state index contributed by atoms with van der Waals surface area (Å²) in [6.45, 7) is 21.8. The number of carbonyl (C=O) groups is 2. The maximum Gasteiger partial charge on any atom is 0.246 e. The average Bonchev–Trinajstić information content (AvgIpc) is 3.34. The molecule has 5 fully saturated rings. The predicted molar refractivity (Wildman–Crippen MR) is 258 cm³/mol. The number of piperazine rings is 1. The second-order valence-electron chi connectivity index (χ2n) is 20.6. The molecule has 12 heteroatoms. The zero-order valence-electron chi connectivity index (χ0n) is 39.8. The molecule has 65 heavy (non-hydrogen) atoms. The first kappa shape index (κ1) is 45.9. The van der Waals surface area contributed by atoms with Crippen LogP contribution in [0.3, 0.4) is 0 Å². The molecule has 11 nitrogen and oxygen atoms in total. The smallest absolute Gasteiger partial charge is 0.246 e. The molecule has 1 amide bonds. The number of aliphatic hydroxyl groups is 1. The van der Waals surface area contributed by atoms with Crippen LogP contribution in [0.4, 0.5) is 5.69 Å². The Morgan fingerprint density at radius 3 is 2.51 bits per heavy atom. The van der Waals surface area contributed by atoms with E-state index in [0.29, 0.717) is 36.5 Å². The molecule has 3 saturated carbocycles. The van der Waals surface area contributed by atoms with Crippen LogP contribution < -0.4 is 19.5 Å². The van der Waals surface area contributed by atoms with Crippen molar-refractivity contribution in [2.75, 3.05) is 59.5 Å². The van der Waals surface area contributed by atoms with Crippen LogP contribution in [0.1, 0.15) is 97.8 Å². The number of hydrogen-bond acceptors (Lipinski definition) is 11. The summed E-state index contributed by atoms with van der Waals surface area (Å²) in [4.78, 5) is 40.7. The van der Waals surface area contributed by atoms with Gasteiger partial charge in [0.2, 0.25) is 5.91 Å². The molecule has 2 aromatic carbocycles. The van der Waals surface area contributed by atoms with Crippen LogP contribution in [0, 0.1) is 17.8 Å². The van der Waals surface area contributed by atoms with Gasteiger partial charge in [0.15, 0.2) is 17.0 Å². The number of carbonyl (C=O) groups excluding carboxylic acids is 2. The lowest BCUT2D eigenvalue weighted by atomic mass is 9.46. The zero-order chi connectivity index (χ0) is 46.1. The van der Waals surface area contributed by atoms with Crippen molar-refractivity contribution < 1.29 is 33.6 Å². The quantitative estimate of drug-likeness (QED) is 0.142. The molecule has 1 spiro atoms. The Labute approximate surface area is 389 Å². The van der Waals surface area contributed by atoms with E-state index in [1.807, 2.05) is 12.1 Å². The summed E-state index contributed by atoms with van der Waals surface area (Å²) >= 11 is 1.74. The van der Waals surface area contributed by atoms with E-state index in [2.05, 4.69) is 113 Å². The lowest BCUT2D eigenvalue weighted by Gasteiger charge is -2.63. The van der Waals surface area contributed by atoms with Gasteiger partial charge in [-0.05, 0) is 112 Å². The maximum atomic E-state index is 15.7. The van der Waals surface area contributed by atoms with E-state index < -0.39 is 22.4 Å². The zero-order valence-corrected chi connectivity index (χ0v) is 40.7. The van der Waals surface area contributed by atoms with Gasteiger partial charge in [-0.25, -0.2) is 0 Å². The van der Waals surface area contributed by atoms with Gasteiger partial charge in [0, 0.05) is 78.8 Å². The Hall–Kier alpha value is -4.20. The molecule has 7 atom stereocenters. The van der Waals surface area contributed by atoms with Crippen LogP contribution in [0.25, 0.3) is 6.08 Å². The van der Waals surface area contributed by atoms with Gasteiger partial charge >= 0.3 is 0 Å². The van der Waals surface area contributed by atoms with Crippen LogP contribution >= 0.6 is 11.8 Å². The molecule has 5 heterocycles. The molecular weight excluding hydrogens is 837 g/mol. The second kappa shape index (κ2) is 17.5. The number of likely N-dealkylation sites (N-methyl/N-ethyl adjacent to an activating group) is 1. The number of hydrogen-bond donors (Lipinski definition) is 2. The van der Waals surface area contributed by atoms with Crippen molar-refractivity contribution in [2.45, 2.75) is 120 Å². The number of benzene rings is 2. The highest BCUT2D eigenvalue weighted by Crippen LogP contribution is 2.73. The maximum absolute atomic E-state index is 15.7. The molecule has 348 valence electrons. The fourth-order valence-corrected chi connectivity index (χ4v) is 13.3. The molecule has 8 aliphatic rings. The summed E-state index contributed by atoms with van der Waals surface area (Å²) in [5, 5.41) is 12.1. The highest BCUT2D eigenvalue weighted by Gasteiger charge is 2.85. The van der Waals surface area contributed by atoms with Gasteiger partial charge in [0.05, 0.1) is 40.7 Å². The van der Waals surface area contributed by atoms with E-state index >= 15 is 4.79 Å². The fraction of sp³-hybridized carbons (Fsp3) is 0.566. The van der Waals surface area contributed by atoms with Gasteiger partial charge in [-0.3, -0.25) is 19.5 Å². The van der Waals surface area contributed by atoms with Gasteiger partial charge in [-0.15, -0.1) is 11.8 Å². The molecule has 2 aromatic rings. The van der Waals surface area contributed by atoms with Gasteiger partial charge in [-0.2, -0.15) is 0 Å². The summed E-state index contributed by atoms with van der Waals surface area (Å²) in [7, 11) is 2.17. The number of aliphatic imine (C=N–C) groups is 1. The van der Waals surface area contributed by atoms with E-state index in [9.17, 15) is 9.90 Å². The number of rotatable bonds is 14. The first-order valence-corrected chi connectivity index (χ1v) is 24.7. The first-order valence-electron chi connectivity index (χ1n) is 23.8. The summed E-state index contributed by atoms with van der Waals surface area (Å²) in [5.74, 6) is 0.889. The minimum absolute atomic E-state index is 0.0218. The molecule has 5 aliphatic heterocycles. The Morgan fingerprint density at radius 1 is 1.02 bits per heavy atom. The number of nitrogens with one attached hydrogen (secondary N) is 1. The molecule has 2 N–H and O–H groups in total.